The Labute approximate surface area is 122 Å². The van der Waals surface area contributed by atoms with Crippen molar-refractivity contribution in [3.63, 3.8) is 0 Å². The zero-order valence-corrected chi connectivity index (χ0v) is 12.3. The number of amides is 4. The number of urea groups is 1. The summed E-state index contributed by atoms with van der Waals surface area (Å²) in [5, 5.41) is 3.76. The van der Waals surface area contributed by atoms with E-state index in [0.29, 0.717) is 12.2 Å². The van der Waals surface area contributed by atoms with Gasteiger partial charge in [0.05, 0.1) is 0 Å². The van der Waals surface area contributed by atoms with E-state index in [0.717, 1.165) is 16.2 Å². The first kappa shape index (κ1) is 15.1. The molecule has 2 heterocycles. The number of unbranched alkanes of at least 4 members (excludes halogenated alkanes) is 1. The van der Waals surface area contributed by atoms with E-state index in [1.165, 1.54) is 0 Å². The second-order valence-electron chi connectivity index (χ2n) is 5.19. The van der Waals surface area contributed by atoms with E-state index in [4.69, 9.17) is 4.52 Å². The number of carbonyl (C=O) groups is 3. The molecule has 1 aliphatic rings. The van der Waals surface area contributed by atoms with E-state index in [-0.39, 0.29) is 24.9 Å². The van der Waals surface area contributed by atoms with Gasteiger partial charge in [-0.05, 0) is 6.42 Å². The molecule has 2 rings (SSSR count). The van der Waals surface area contributed by atoms with E-state index in [1.54, 1.807) is 0 Å². The topological polar surface area (TPSA) is 96.6 Å². The molecule has 8 heteroatoms. The van der Waals surface area contributed by atoms with Crippen LogP contribution in [0.1, 0.15) is 51.2 Å². The van der Waals surface area contributed by atoms with E-state index in [2.05, 4.69) is 10.1 Å². The van der Waals surface area contributed by atoms with E-state index < -0.39 is 17.8 Å². The first-order chi connectivity index (χ1) is 9.95. The molecule has 1 aliphatic heterocycles. The fraction of sp³-hybridized carbons (Fsp3) is 0.615. The third-order valence-electron chi connectivity index (χ3n) is 3.16. The number of hydrogen-bond acceptors (Lipinski definition) is 6. The summed E-state index contributed by atoms with van der Waals surface area (Å²) in [5.41, 5.74) is 0. The molecule has 0 saturated carbocycles. The smallest absolute Gasteiger partial charge is 0.334 e. The average Bonchev–Trinajstić information content (AvgIpc) is 2.99. The Morgan fingerprint density at radius 3 is 2.38 bits per heavy atom. The molecule has 0 spiro atoms. The molecule has 1 fully saturated rings. The van der Waals surface area contributed by atoms with Gasteiger partial charge in [0.1, 0.15) is 6.54 Å². The zero-order valence-electron chi connectivity index (χ0n) is 12.3. The van der Waals surface area contributed by atoms with Crippen LogP contribution in [0.4, 0.5) is 4.79 Å². The second-order valence-corrected chi connectivity index (χ2v) is 5.19. The van der Waals surface area contributed by atoms with Crippen LogP contribution >= 0.6 is 0 Å². The fourth-order valence-electron chi connectivity index (χ4n) is 1.91. The lowest BCUT2D eigenvalue weighted by Gasteiger charge is -2.13. The third-order valence-corrected chi connectivity index (χ3v) is 3.16. The molecule has 1 aromatic rings. The lowest BCUT2D eigenvalue weighted by molar-refractivity contribution is -0.143. The summed E-state index contributed by atoms with van der Waals surface area (Å²) in [7, 11) is 0. The molecule has 0 unspecified atom stereocenters. The Bertz CT molecular complexity index is 566. The molecule has 0 aliphatic carbocycles. The molecule has 0 radical (unpaired) electrons. The summed E-state index contributed by atoms with van der Waals surface area (Å²) in [5.74, 6) is -0.920. The van der Waals surface area contributed by atoms with Gasteiger partial charge in [0.2, 0.25) is 5.89 Å². The molecule has 4 amide bonds. The normalized spacial score (nSPS) is 15.7. The minimum absolute atomic E-state index is 0.0789. The van der Waals surface area contributed by atoms with Gasteiger partial charge >= 0.3 is 17.8 Å². The van der Waals surface area contributed by atoms with E-state index in [9.17, 15) is 14.4 Å². The van der Waals surface area contributed by atoms with Gasteiger partial charge in [0.15, 0.2) is 5.82 Å². The van der Waals surface area contributed by atoms with Crippen LogP contribution in [0.15, 0.2) is 4.52 Å². The highest BCUT2D eigenvalue weighted by atomic mass is 16.5. The largest absolute Gasteiger partial charge is 0.337 e. The predicted octanol–water partition coefficient (Wildman–Crippen LogP) is 1.28. The average molecular weight is 294 g/mol. The zero-order chi connectivity index (χ0) is 15.6. The number of aromatic nitrogens is 2. The van der Waals surface area contributed by atoms with Gasteiger partial charge < -0.3 is 4.52 Å². The van der Waals surface area contributed by atoms with Crippen LogP contribution in [-0.2, 0) is 16.1 Å². The van der Waals surface area contributed by atoms with E-state index in [1.807, 2.05) is 20.8 Å². The van der Waals surface area contributed by atoms with Crippen LogP contribution in [0.3, 0.4) is 0 Å². The van der Waals surface area contributed by atoms with Crippen molar-refractivity contribution >= 4 is 17.8 Å². The van der Waals surface area contributed by atoms with Gasteiger partial charge in [-0.15, -0.1) is 0 Å². The predicted molar refractivity (Wildman–Crippen MR) is 71.0 cm³/mol. The minimum atomic E-state index is -0.847. The standard InChI is InChI=1S/C13H18N4O4/c1-4-5-6-16-11(18)12(19)17(13(16)20)7-9-14-10(8(2)3)15-21-9/h8H,4-7H2,1-3H3. The summed E-state index contributed by atoms with van der Waals surface area (Å²) in [4.78, 5) is 41.6. The lowest BCUT2D eigenvalue weighted by atomic mass is 10.2. The summed E-state index contributed by atoms with van der Waals surface area (Å²) in [6.45, 7) is 5.81. The maximum atomic E-state index is 12.1. The van der Waals surface area contributed by atoms with Gasteiger partial charge in [-0.1, -0.05) is 32.3 Å². The Morgan fingerprint density at radius 1 is 1.14 bits per heavy atom. The van der Waals surface area contributed by atoms with Crippen LogP contribution in [0.5, 0.6) is 0 Å². The Kier molecular flexibility index (Phi) is 4.35. The van der Waals surface area contributed by atoms with Crippen molar-refractivity contribution in [2.24, 2.45) is 0 Å². The van der Waals surface area contributed by atoms with Crippen LogP contribution in [0, 0.1) is 0 Å². The first-order valence-electron chi connectivity index (χ1n) is 6.95. The monoisotopic (exact) mass is 294 g/mol. The summed E-state index contributed by atoms with van der Waals surface area (Å²) < 4.78 is 5.00. The molecule has 0 aromatic carbocycles. The van der Waals surface area contributed by atoms with Crippen molar-refractivity contribution < 1.29 is 18.9 Å². The van der Waals surface area contributed by atoms with Crippen molar-refractivity contribution in [2.45, 2.75) is 46.1 Å². The highest BCUT2D eigenvalue weighted by Gasteiger charge is 2.44. The molecule has 0 atom stereocenters. The highest BCUT2D eigenvalue weighted by Crippen LogP contribution is 2.17. The molecule has 21 heavy (non-hydrogen) atoms. The molecule has 114 valence electrons. The summed E-state index contributed by atoms with van der Waals surface area (Å²) in [6, 6.07) is -0.622. The molecule has 0 N–H and O–H groups in total. The molecule has 1 aromatic heterocycles. The van der Waals surface area contributed by atoms with Gasteiger partial charge in [-0.3, -0.25) is 14.5 Å². The summed E-state index contributed by atoms with van der Waals surface area (Å²) in [6.07, 6.45) is 1.49. The van der Waals surface area contributed by atoms with Crippen molar-refractivity contribution in [2.75, 3.05) is 6.54 Å². The van der Waals surface area contributed by atoms with Gasteiger partial charge in [-0.2, -0.15) is 4.98 Å². The maximum absolute atomic E-state index is 12.1. The quantitative estimate of drug-likeness (QED) is 0.579. The third kappa shape index (κ3) is 2.93. The number of carbonyl (C=O) groups excluding carboxylic acids is 3. The fourth-order valence-corrected chi connectivity index (χ4v) is 1.91. The van der Waals surface area contributed by atoms with Crippen LogP contribution in [0.25, 0.3) is 0 Å². The Morgan fingerprint density at radius 2 is 1.81 bits per heavy atom. The van der Waals surface area contributed by atoms with Crippen molar-refractivity contribution in [3.8, 4) is 0 Å². The number of rotatable bonds is 6. The highest BCUT2D eigenvalue weighted by molar-refractivity contribution is 6.44. The van der Waals surface area contributed by atoms with Gasteiger partial charge in [-0.25, -0.2) is 9.69 Å². The lowest BCUT2D eigenvalue weighted by Crippen LogP contribution is -2.33. The SMILES string of the molecule is CCCCN1C(=O)C(=O)N(Cc2nc(C(C)C)no2)C1=O. The van der Waals surface area contributed by atoms with Gasteiger partial charge in [0.25, 0.3) is 0 Å². The van der Waals surface area contributed by atoms with Crippen LogP contribution < -0.4 is 0 Å². The molecule has 0 bridgehead atoms. The number of hydrogen-bond donors (Lipinski definition) is 0. The van der Waals surface area contributed by atoms with Crippen LogP contribution in [-0.4, -0.2) is 44.3 Å². The first-order valence-corrected chi connectivity index (χ1v) is 6.95. The molecule has 8 nitrogen and oxygen atoms in total. The van der Waals surface area contributed by atoms with Crippen LogP contribution in [0.2, 0.25) is 0 Å². The Hall–Kier alpha value is -2.25. The Balaban J connectivity index is 2.10. The van der Waals surface area contributed by atoms with E-state index >= 15 is 0 Å². The minimum Gasteiger partial charge on any atom is -0.337 e. The van der Waals surface area contributed by atoms with Crippen molar-refractivity contribution in [3.05, 3.63) is 11.7 Å². The second kappa shape index (κ2) is 6.02. The molecular weight excluding hydrogens is 276 g/mol. The van der Waals surface area contributed by atoms with Crippen molar-refractivity contribution in [1.29, 1.82) is 0 Å². The maximum Gasteiger partial charge on any atom is 0.334 e. The van der Waals surface area contributed by atoms with Crippen molar-refractivity contribution in [1.82, 2.24) is 19.9 Å². The van der Waals surface area contributed by atoms with Gasteiger partial charge in [0, 0.05) is 12.5 Å². The molecule has 1 saturated heterocycles. The number of imide groups is 2. The number of nitrogens with zero attached hydrogens (tertiary/aromatic N) is 4. The summed E-state index contributed by atoms with van der Waals surface area (Å²) >= 11 is 0. The molecular formula is C13H18N4O4.